The third-order valence-electron chi connectivity index (χ3n) is 6.41. The number of nitrogens with zero attached hydrogens (tertiary/aromatic N) is 3. The van der Waals surface area contributed by atoms with E-state index >= 15 is 0 Å². The summed E-state index contributed by atoms with van der Waals surface area (Å²) in [7, 11) is 0. The fraction of sp³-hybridized carbons (Fsp3) is 0.214. The number of fused-ring (bicyclic) bond motifs is 1. The number of hydrogen-bond donors (Lipinski definition) is 2. The number of anilines is 1. The van der Waals surface area contributed by atoms with Crippen molar-refractivity contribution in [1.29, 1.82) is 0 Å². The average Bonchev–Trinajstić information content (AvgIpc) is 3.52. The molecular formula is C28H22F5N5O3. The maximum Gasteiger partial charge on any atom is 0.420 e. The molecule has 4 heterocycles. The van der Waals surface area contributed by atoms with Gasteiger partial charge in [0.05, 0.1) is 29.9 Å². The number of halogens is 5. The Balaban J connectivity index is 1.34. The summed E-state index contributed by atoms with van der Waals surface area (Å²) in [6.45, 7) is -0.966. The summed E-state index contributed by atoms with van der Waals surface area (Å²) in [6.07, 6.45) is 0.170. The van der Waals surface area contributed by atoms with Gasteiger partial charge in [0.1, 0.15) is 17.2 Å². The summed E-state index contributed by atoms with van der Waals surface area (Å²) in [5.41, 5.74) is 4.99. The average molecular weight is 572 g/mol. The fourth-order valence-electron chi connectivity index (χ4n) is 4.36. The van der Waals surface area contributed by atoms with Crippen molar-refractivity contribution in [3.63, 3.8) is 0 Å². The van der Waals surface area contributed by atoms with E-state index in [1.54, 1.807) is 12.1 Å². The largest absolute Gasteiger partial charge is 0.459 e. The number of alkyl halides is 5. The normalized spacial score (nSPS) is 15.1. The van der Waals surface area contributed by atoms with E-state index in [9.17, 15) is 31.5 Å². The first-order chi connectivity index (χ1) is 19.4. The number of carbonyl (C=O) groups is 2. The van der Waals surface area contributed by atoms with Crippen LogP contribution in [0.25, 0.3) is 28.3 Å². The van der Waals surface area contributed by atoms with Crippen LogP contribution in [0.3, 0.4) is 0 Å². The topological polar surface area (TPSA) is 114 Å². The minimum absolute atomic E-state index is 0.0478. The smallest absolute Gasteiger partial charge is 0.420 e. The Morgan fingerprint density at radius 1 is 1.10 bits per heavy atom. The van der Waals surface area contributed by atoms with E-state index in [1.165, 1.54) is 42.6 Å². The Labute approximate surface area is 229 Å². The molecule has 1 saturated heterocycles. The number of nitrogens with one attached hydrogen (secondary N) is 1. The minimum Gasteiger partial charge on any atom is -0.459 e. The van der Waals surface area contributed by atoms with E-state index in [4.69, 9.17) is 10.2 Å². The summed E-state index contributed by atoms with van der Waals surface area (Å²) < 4.78 is 74.2. The van der Waals surface area contributed by atoms with Crippen LogP contribution < -0.4 is 11.1 Å². The number of hydrogen-bond acceptors (Lipinski definition) is 6. The van der Waals surface area contributed by atoms with Gasteiger partial charge in [-0.15, -0.1) is 0 Å². The van der Waals surface area contributed by atoms with Gasteiger partial charge in [-0.25, -0.2) is 13.8 Å². The zero-order valence-corrected chi connectivity index (χ0v) is 21.2. The zero-order chi connectivity index (χ0) is 29.4. The van der Waals surface area contributed by atoms with Gasteiger partial charge in [0.15, 0.2) is 0 Å². The first-order valence-electron chi connectivity index (χ1n) is 12.3. The van der Waals surface area contributed by atoms with Crippen molar-refractivity contribution in [3.8, 4) is 11.3 Å². The Morgan fingerprint density at radius 2 is 1.90 bits per heavy atom. The van der Waals surface area contributed by atoms with E-state index in [2.05, 4.69) is 15.3 Å². The lowest BCUT2D eigenvalue weighted by Gasteiger charge is -2.16. The van der Waals surface area contributed by atoms with Gasteiger partial charge in [-0.05, 0) is 54.1 Å². The number of nitrogen functional groups attached to an aromatic ring is 1. The predicted molar refractivity (Wildman–Crippen MR) is 139 cm³/mol. The summed E-state index contributed by atoms with van der Waals surface area (Å²) in [4.78, 5) is 33.8. The number of nitrogens with two attached hydrogens (primary N) is 1. The zero-order valence-electron chi connectivity index (χ0n) is 21.2. The number of likely N-dealkylation sites (tertiary alicyclic amines) is 1. The Bertz CT molecular complexity index is 1630. The highest BCUT2D eigenvalue weighted by Crippen LogP contribution is 2.39. The van der Waals surface area contributed by atoms with E-state index in [0.29, 0.717) is 11.4 Å². The molecule has 0 aliphatic carbocycles. The third-order valence-corrected chi connectivity index (χ3v) is 6.41. The van der Waals surface area contributed by atoms with Crippen LogP contribution in [-0.2, 0) is 17.5 Å². The molecule has 1 fully saturated rings. The molecule has 13 heteroatoms. The van der Waals surface area contributed by atoms with Crippen LogP contribution in [0.4, 0.5) is 27.8 Å². The Kier molecular flexibility index (Phi) is 7.20. The summed E-state index contributed by atoms with van der Waals surface area (Å²) in [5, 5.41) is 2.68. The molecule has 212 valence electrons. The molecule has 41 heavy (non-hydrogen) atoms. The van der Waals surface area contributed by atoms with Crippen molar-refractivity contribution < 1.29 is 36.0 Å². The highest BCUT2D eigenvalue weighted by atomic mass is 19.4. The number of furan rings is 1. The molecule has 1 aliphatic heterocycles. The lowest BCUT2D eigenvalue weighted by atomic mass is 10.0. The molecule has 0 bridgehead atoms. The minimum atomic E-state index is -4.76. The first kappa shape index (κ1) is 27.7. The van der Waals surface area contributed by atoms with Crippen molar-refractivity contribution in [2.24, 2.45) is 0 Å². The molecule has 3 N–H and O–H groups in total. The molecule has 3 aromatic heterocycles. The number of amides is 2. The van der Waals surface area contributed by atoms with Crippen LogP contribution in [0.5, 0.6) is 0 Å². The number of carbonyl (C=O) groups excluding carboxylic acids is 2. The van der Waals surface area contributed by atoms with Crippen molar-refractivity contribution in [2.45, 2.75) is 25.1 Å². The van der Waals surface area contributed by atoms with E-state index in [1.807, 2.05) is 0 Å². The van der Waals surface area contributed by atoms with Crippen LogP contribution >= 0.6 is 0 Å². The van der Waals surface area contributed by atoms with Gasteiger partial charge in [-0.1, -0.05) is 0 Å². The van der Waals surface area contributed by atoms with Crippen LogP contribution in [-0.4, -0.2) is 45.7 Å². The van der Waals surface area contributed by atoms with Gasteiger partial charge in [-0.2, -0.15) is 13.2 Å². The molecule has 0 spiro atoms. The highest BCUT2D eigenvalue weighted by molar-refractivity contribution is 5.95. The van der Waals surface area contributed by atoms with Gasteiger partial charge >= 0.3 is 6.18 Å². The number of benzene rings is 1. The van der Waals surface area contributed by atoms with Crippen molar-refractivity contribution in [3.05, 3.63) is 83.4 Å². The number of aromatic nitrogens is 2. The lowest BCUT2D eigenvalue weighted by Crippen LogP contribution is -2.31. The molecule has 5 rings (SSSR count). The molecule has 1 aromatic carbocycles. The van der Waals surface area contributed by atoms with Crippen LogP contribution in [0.2, 0.25) is 0 Å². The second-order valence-electron chi connectivity index (χ2n) is 9.48. The second-order valence-corrected chi connectivity index (χ2v) is 9.48. The Morgan fingerprint density at radius 3 is 2.54 bits per heavy atom. The summed E-state index contributed by atoms with van der Waals surface area (Å²) in [5.74, 6) is -3.67. The van der Waals surface area contributed by atoms with Crippen molar-refractivity contribution >= 4 is 34.7 Å². The highest BCUT2D eigenvalue weighted by Gasteiger charge is 2.40. The van der Waals surface area contributed by atoms with E-state index < -0.39 is 48.0 Å². The quantitative estimate of drug-likeness (QED) is 0.240. The number of pyridine rings is 2. The second kappa shape index (κ2) is 10.6. The molecule has 0 saturated carbocycles. The maximum atomic E-state index is 13.9. The molecular weight excluding hydrogens is 549 g/mol. The summed E-state index contributed by atoms with van der Waals surface area (Å²) >= 11 is 0. The number of rotatable bonds is 6. The van der Waals surface area contributed by atoms with Crippen molar-refractivity contribution in [1.82, 2.24) is 20.2 Å². The van der Waals surface area contributed by atoms with Gasteiger partial charge in [0, 0.05) is 42.4 Å². The first-order valence-corrected chi connectivity index (χ1v) is 12.3. The van der Waals surface area contributed by atoms with Gasteiger partial charge in [0.2, 0.25) is 5.91 Å². The monoisotopic (exact) mass is 571 g/mol. The van der Waals surface area contributed by atoms with Gasteiger partial charge < -0.3 is 20.4 Å². The molecule has 0 atom stereocenters. The van der Waals surface area contributed by atoms with E-state index in [0.717, 1.165) is 17.2 Å². The molecule has 2 amide bonds. The fourth-order valence-corrected chi connectivity index (χ4v) is 4.36. The SMILES string of the molecule is Nc1ccc(C=CC(=O)NCc2cc3cc(-c4ccc(C(=O)N5CCC(F)(F)C5)cn4)cc(C(F)(F)F)c3o2)cn1. The van der Waals surface area contributed by atoms with E-state index in [-0.39, 0.29) is 41.1 Å². The summed E-state index contributed by atoms with van der Waals surface area (Å²) in [6, 6.07) is 9.63. The van der Waals surface area contributed by atoms with Crippen LogP contribution in [0.15, 0.2) is 65.4 Å². The van der Waals surface area contributed by atoms with Crippen LogP contribution in [0, 0.1) is 0 Å². The predicted octanol–water partition coefficient (Wildman–Crippen LogP) is 5.30. The Hall–Kier alpha value is -4.81. The molecule has 1 aliphatic rings. The maximum absolute atomic E-state index is 13.9. The van der Waals surface area contributed by atoms with Gasteiger partial charge in [-0.3, -0.25) is 14.6 Å². The van der Waals surface area contributed by atoms with Crippen molar-refractivity contribution in [2.75, 3.05) is 18.8 Å². The van der Waals surface area contributed by atoms with Crippen LogP contribution in [0.1, 0.15) is 33.7 Å². The molecule has 0 unspecified atom stereocenters. The molecule has 4 aromatic rings. The molecule has 8 nitrogen and oxygen atoms in total. The molecule has 0 radical (unpaired) electrons. The third kappa shape index (κ3) is 6.34. The van der Waals surface area contributed by atoms with Gasteiger partial charge in [0.25, 0.3) is 11.8 Å². The lowest BCUT2D eigenvalue weighted by molar-refractivity contribution is -0.136. The standard InChI is InChI=1S/C28H22F5N5O3/c29-27(30)7-8-38(15-27)26(40)17-3-4-22(35-13-17)18-9-19-10-20(41-25(19)21(11-18)28(31,32)33)14-37-24(39)6-2-16-1-5-23(34)36-12-16/h1-6,9-13H,7-8,14-15H2,(H2,34,36)(H,37,39).